The smallest absolute Gasteiger partial charge is 0.298 e. The molecule has 0 saturated heterocycles. The van der Waals surface area contributed by atoms with Crippen LogP contribution in [0.3, 0.4) is 0 Å². The Morgan fingerprint density at radius 3 is 2.29 bits per heavy atom. The van der Waals surface area contributed by atoms with E-state index in [0.717, 1.165) is 18.2 Å². The number of carbonyl (C=O) groups is 1. The van der Waals surface area contributed by atoms with Crippen LogP contribution in [-0.4, -0.2) is 11.2 Å². The summed E-state index contributed by atoms with van der Waals surface area (Å²) >= 11 is 0. The number of alkyl halides is 3. The summed E-state index contributed by atoms with van der Waals surface area (Å²) < 4.78 is 38.0. The molecule has 108 valence electrons. The third-order valence-corrected chi connectivity index (χ3v) is 2.87. The van der Waals surface area contributed by atoms with Gasteiger partial charge >= 0.3 is 6.18 Å². The fourth-order valence-electron chi connectivity index (χ4n) is 1.87. The van der Waals surface area contributed by atoms with Crippen LogP contribution in [0, 0.1) is 10.1 Å². The second-order valence-electron chi connectivity index (χ2n) is 4.23. The molecule has 21 heavy (non-hydrogen) atoms. The molecule has 0 aromatic heterocycles. The van der Waals surface area contributed by atoms with Crippen LogP contribution in [0.4, 0.5) is 18.9 Å². The maximum atomic E-state index is 12.7. The summed E-state index contributed by atoms with van der Waals surface area (Å²) in [5, 5.41) is 10.7. The van der Waals surface area contributed by atoms with Crippen molar-refractivity contribution in [1.82, 2.24) is 0 Å². The van der Waals surface area contributed by atoms with Gasteiger partial charge in [0.05, 0.1) is 16.1 Å². The van der Waals surface area contributed by atoms with E-state index in [1.807, 2.05) is 0 Å². The average molecular weight is 295 g/mol. The molecule has 0 bridgehead atoms. The quantitative estimate of drug-likeness (QED) is 0.486. The number of nitrogens with zero attached hydrogens (tertiary/aromatic N) is 1. The van der Waals surface area contributed by atoms with Crippen molar-refractivity contribution in [3.05, 3.63) is 63.7 Å². The molecule has 0 fully saturated rings. The number of nitro benzene ring substituents is 1. The highest BCUT2D eigenvalue weighted by molar-refractivity contribution is 5.84. The highest BCUT2D eigenvalue weighted by Crippen LogP contribution is 2.33. The molecule has 4 nitrogen and oxygen atoms in total. The number of aldehydes is 1. The fourth-order valence-corrected chi connectivity index (χ4v) is 1.87. The number of benzene rings is 2. The van der Waals surface area contributed by atoms with Gasteiger partial charge in [0.1, 0.15) is 0 Å². The molecule has 0 atom stereocenters. The Balaban J connectivity index is 2.53. The van der Waals surface area contributed by atoms with Crippen molar-refractivity contribution >= 4 is 12.0 Å². The fraction of sp³-hybridized carbons (Fsp3) is 0.0714. The molecule has 2 rings (SSSR count). The lowest BCUT2D eigenvalue weighted by Crippen LogP contribution is -2.04. The van der Waals surface area contributed by atoms with Gasteiger partial charge in [-0.15, -0.1) is 0 Å². The Labute approximate surface area is 117 Å². The molecule has 0 unspecified atom stereocenters. The zero-order valence-corrected chi connectivity index (χ0v) is 10.4. The third kappa shape index (κ3) is 3.07. The molecule has 0 saturated carbocycles. The molecule has 0 aliphatic heterocycles. The molecule has 2 aromatic rings. The van der Waals surface area contributed by atoms with Crippen molar-refractivity contribution in [1.29, 1.82) is 0 Å². The topological polar surface area (TPSA) is 60.2 Å². The van der Waals surface area contributed by atoms with Crippen LogP contribution in [0.5, 0.6) is 0 Å². The molecule has 2 aromatic carbocycles. The maximum absolute atomic E-state index is 12.7. The predicted octanol–water partition coefficient (Wildman–Crippen LogP) is 4.09. The zero-order valence-electron chi connectivity index (χ0n) is 10.4. The van der Waals surface area contributed by atoms with Gasteiger partial charge in [-0.25, -0.2) is 0 Å². The van der Waals surface area contributed by atoms with E-state index in [9.17, 15) is 28.1 Å². The normalized spacial score (nSPS) is 11.2. The van der Waals surface area contributed by atoms with E-state index < -0.39 is 16.7 Å². The van der Waals surface area contributed by atoms with Gasteiger partial charge in [-0.2, -0.15) is 13.2 Å². The molecule has 0 aliphatic rings. The Morgan fingerprint density at radius 2 is 1.71 bits per heavy atom. The van der Waals surface area contributed by atoms with E-state index >= 15 is 0 Å². The van der Waals surface area contributed by atoms with E-state index in [4.69, 9.17) is 0 Å². The van der Waals surface area contributed by atoms with Gasteiger partial charge < -0.3 is 0 Å². The van der Waals surface area contributed by atoms with Crippen LogP contribution in [0.15, 0.2) is 42.5 Å². The minimum absolute atomic E-state index is 0.185. The first-order valence-electron chi connectivity index (χ1n) is 5.74. The summed E-state index contributed by atoms with van der Waals surface area (Å²) in [4.78, 5) is 20.8. The van der Waals surface area contributed by atoms with Crippen LogP contribution < -0.4 is 0 Å². The van der Waals surface area contributed by atoms with Crippen molar-refractivity contribution in [2.45, 2.75) is 6.18 Å². The summed E-state index contributed by atoms with van der Waals surface area (Å²) in [7, 11) is 0. The lowest BCUT2D eigenvalue weighted by molar-refractivity contribution is -0.385. The number of carbonyl (C=O) groups excluding carboxylic acids is 1. The second-order valence-corrected chi connectivity index (χ2v) is 4.23. The number of rotatable bonds is 3. The molecular formula is C14H8F3NO3. The maximum Gasteiger partial charge on any atom is 0.416 e. The highest BCUT2D eigenvalue weighted by atomic mass is 19.4. The summed E-state index contributed by atoms with van der Waals surface area (Å²) in [6, 6.07) is 8.12. The average Bonchev–Trinajstić information content (AvgIpc) is 2.45. The van der Waals surface area contributed by atoms with Crippen molar-refractivity contribution in [2.24, 2.45) is 0 Å². The van der Waals surface area contributed by atoms with Crippen LogP contribution >= 0.6 is 0 Å². The minimum atomic E-state index is -4.48. The zero-order chi connectivity index (χ0) is 15.6. The summed E-state index contributed by atoms with van der Waals surface area (Å²) in [6.45, 7) is 0. The number of hydrogen-bond donors (Lipinski definition) is 0. The first kappa shape index (κ1) is 14.7. The minimum Gasteiger partial charge on any atom is -0.298 e. The molecule has 0 amide bonds. The van der Waals surface area contributed by atoms with E-state index in [1.54, 1.807) is 0 Å². The Hall–Kier alpha value is -2.70. The Morgan fingerprint density at radius 1 is 1.05 bits per heavy atom. The van der Waals surface area contributed by atoms with Crippen molar-refractivity contribution in [3.63, 3.8) is 0 Å². The van der Waals surface area contributed by atoms with E-state index in [0.29, 0.717) is 11.8 Å². The van der Waals surface area contributed by atoms with Crippen molar-refractivity contribution < 1.29 is 22.9 Å². The molecular weight excluding hydrogens is 287 g/mol. The molecule has 0 radical (unpaired) electrons. The molecule has 0 aliphatic carbocycles. The Kier molecular flexibility index (Phi) is 3.75. The van der Waals surface area contributed by atoms with Gasteiger partial charge in [0.25, 0.3) is 5.69 Å². The molecule has 0 spiro atoms. The van der Waals surface area contributed by atoms with Gasteiger partial charge in [-0.3, -0.25) is 14.9 Å². The molecule has 7 heteroatoms. The number of nitro groups is 1. The van der Waals surface area contributed by atoms with Gasteiger partial charge in [0, 0.05) is 6.07 Å². The third-order valence-electron chi connectivity index (χ3n) is 2.87. The predicted molar refractivity (Wildman–Crippen MR) is 68.9 cm³/mol. The second kappa shape index (κ2) is 5.35. The summed E-state index contributed by atoms with van der Waals surface area (Å²) in [5.74, 6) is 0. The highest BCUT2D eigenvalue weighted by Gasteiger charge is 2.30. The van der Waals surface area contributed by atoms with Gasteiger partial charge in [-0.05, 0) is 35.4 Å². The number of halogens is 3. The van der Waals surface area contributed by atoms with Gasteiger partial charge in [0.2, 0.25) is 0 Å². The largest absolute Gasteiger partial charge is 0.416 e. The Bertz CT molecular complexity index is 711. The number of hydrogen-bond acceptors (Lipinski definition) is 3. The van der Waals surface area contributed by atoms with Crippen LogP contribution in [0.25, 0.3) is 11.1 Å². The monoisotopic (exact) mass is 295 g/mol. The lowest BCUT2D eigenvalue weighted by atomic mass is 10.0. The van der Waals surface area contributed by atoms with Crippen LogP contribution in [0.2, 0.25) is 0 Å². The van der Waals surface area contributed by atoms with E-state index in [2.05, 4.69) is 0 Å². The molecule has 0 heterocycles. The summed E-state index contributed by atoms with van der Waals surface area (Å²) in [6.07, 6.45) is -4.18. The van der Waals surface area contributed by atoms with Crippen LogP contribution in [-0.2, 0) is 6.18 Å². The van der Waals surface area contributed by atoms with Gasteiger partial charge in [0.15, 0.2) is 6.29 Å². The van der Waals surface area contributed by atoms with E-state index in [-0.39, 0.29) is 16.8 Å². The lowest BCUT2D eigenvalue weighted by Gasteiger charge is -2.09. The first-order valence-corrected chi connectivity index (χ1v) is 5.74. The standard InChI is InChI=1S/C14H8F3NO3/c15-14(16,17)12-3-1-2-9(7-12)10-4-5-13(18(20)21)11(6-10)8-19/h1-8H. The van der Waals surface area contributed by atoms with Crippen LogP contribution in [0.1, 0.15) is 15.9 Å². The summed E-state index contributed by atoms with van der Waals surface area (Å²) in [5.41, 5.74) is -0.877. The first-order chi connectivity index (χ1) is 9.82. The van der Waals surface area contributed by atoms with Crippen molar-refractivity contribution in [2.75, 3.05) is 0 Å². The molecule has 0 N–H and O–H groups in total. The van der Waals surface area contributed by atoms with Gasteiger partial charge in [-0.1, -0.05) is 12.1 Å². The van der Waals surface area contributed by atoms with E-state index in [1.165, 1.54) is 24.3 Å². The van der Waals surface area contributed by atoms with Crippen molar-refractivity contribution in [3.8, 4) is 11.1 Å². The SMILES string of the molecule is O=Cc1cc(-c2cccc(C(F)(F)F)c2)ccc1[N+](=O)[O-].